The van der Waals surface area contributed by atoms with Crippen LogP contribution in [-0.2, 0) is 6.42 Å². The Kier molecular flexibility index (Phi) is 3.81. The zero-order valence-electron chi connectivity index (χ0n) is 15.9. The van der Waals surface area contributed by atoms with Gasteiger partial charge in [-0.2, -0.15) is 0 Å². The molecular weight excluding hydrogens is 326 g/mol. The number of aromatic hydroxyl groups is 1. The van der Waals surface area contributed by atoms with Crippen LogP contribution in [0.25, 0.3) is 0 Å². The average molecular weight is 357 g/mol. The van der Waals surface area contributed by atoms with Crippen LogP contribution in [0.4, 0.5) is 0 Å². The van der Waals surface area contributed by atoms with Gasteiger partial charge in [-0.05, 0) is 68.0 Å². The molecule has 1 heterocycles. The highest BCUT2D eigenvalue weighted by Crippen LogP contribution is 2.62. The second kappa shape index (κ2) is 5.87. The number of aliphatic hydroxyl groups excluding tert-OH is 1. The smallest absolute Gasteiger partial charge is 0.165 e. The molecule has 142 valence electrons. The van der Waals surface area contributed by atoms with E-state index in [0.717, 1.165) is 31.7 Å². The minimum Gasteiger partial charge on any atom is -0.504 e. The summed E-state index contributed by atoms with van der Waals surface area (Å²) in [5.41, 5.74) is 2.61. The number of hydrogen-bond donors (Lipinski definition) is 2. The molecule has 3 aliphatic carbocycles. The Balaban J connectivity index is 1.60. The van der Waals surface area contributed by atoms with Gasteiger partial charge in [-0.25, -0.2) is 0 Å². The summed E-state index contributed by atoms with van der Waals surface area (Å²) in [6, 6.07) is 4.37. The fraction of sp³-hybridized carbons (Fsp3) is 0.727. The summed E-state index contributed by atoms with van der Waals surface area (Å²) in [6.45, 7) is 7.07. The van der Waals surface area contributed by atoms with Crippen LogP contribution in [-0.4, -0.2) is 46.5 Å². The van der Waals surface area contributed by atoms with Crippen LogP contribution in [0.15, 0.2) is 12.1 Å². The van der Waals surface area contributed by atoms with Crippen molar-refractivity contribution in [1.29, 1.82) is 0 Å². The maximum atomic E-state index is 10.7. The van der Waals surface area contributed by atoms with Gasteiger partial charge in [0.15, 0.2) is 11.5 Å². The molecule has 0 amide bonds. The van der Waals surface area contributed by atoms with Crippen LogP contribution in [0.5, 0.6) is 11.5 Å². The number of hydrogen-bond acceptors (Lipinski definition) is 4. The predicted molar refractivity (Wildman–Crippen MR) is 101 cm³/mol. The van der Waals surface area contributed by atoms with Crippen molar-refractivity contribution in [2.75, 3.05) is 13.1 Å². The highest BCUT2D eigenvalue weighted by atomic mass is 16.5. The van der Waals surface area contributed by atoms with Gasteiger partial charge in [-0.3, -0.25) is 4.90 Å². The Labute approximate surface area is 156 Å². The summed E-state index contributed by atoms with van der Waals surface area (Å²) in [5.74, 6) is 1.95. The van der Waals surface area contributed by atoms with Gasteiger partial charge in [0.05, 0.1) is 6.10 Å². The lowest BCUT2D eigenvalue weighted by atomic mass is 9.55. The molecule has 0 bridgehead atoms. The van der Waals surface area contributed by atoms with Gasteiger partial charge in [-0.1, -0.05) is 19.9 Å². The average Bonchev–Trinajstić information content (AvgIpc) is 3.33. The van der Waals surface area contributed by atoms with Gasteiger partial charge in [-0.15, -0.1) is 0 Å². The Morgan fingerprint density at radius 3 is 2.81 bits per heavy atom. The maximum absolute atomic E-state index is 10.7. The van der Waals surface area contributed by atoms with Crippen molar-refractivity contribution >= 4 is 0 Å². The quantitative estimate of drug-likeness (QED) is 0.848. The molecule has 1 aromatic carbocycles. The lowest BCUT2D eigenvalue weighted by molar-refractivity contribution is -0.0753. The Morgan fingerprint density at radius 1 is 1.27 bits per heavy atom. The van der Waals surface area contributed by atoms with Crippen molar-refractivity contribution in [3.63, 3.8) is 0 Å². The van der Waals surface area contributed by atoms with E-state index in [9.17, 15) is 10.2 Å². The van der Waals surface area contributed by atoms with Gasteiger partial charge in [0.25, 0.3) is 0 Å². The maximum Gasteiger partial charge on any atom is 0.165 e. The number of aliphatic hydroxyl groups is 1. The van der Waals surface area contributed by atoms with Gasteiger partial charge in [0.1, 0.15) is 6.10 Å². The first kappa shape index (κ1) is 16.9. The standard InChI is InChI=1S/C22H31NO3/c1-3-10-23(12-13-4-5-13)17-11-14-6-7-15(24)20-18(14)19-21(26-20)16(25)8-9-22(17,19)2/h6-7,13,16-17,19,21,24-25H,3-5,8-12H2,1-2H3/t16-,17?,19?,21?,22+/m1/s1. The van der Waals surface area contributed by atoms with Crippen LogP contribution in [0.1, 0.15) is 63.0 Å². The summed E-state index contributed by atoms with van der Waals surface area (Å²) in [7, 11) is 0. The molecule has 5 rings (SSSR count). The Hall–Kier alpha value is -1.26. The molecule has 0 spiro atoms. The molecular formula is C22H31NO3. The molecule has 5 atom stereocenters. The molecule has 3 unspecified atom stereocenters. The van der Waals surface area contributed by atoms with Crippen LogP contribution < -0.4 is 4.74 Å². The van der Waals surface area contributed by atoms with E-state index in [-0.39, 0.29) is 23.2 Å². The van der Waals surface area contributed by atoms with Crippen LogP contribution >= 0.6 is 0 Å². The molecule has 4 heteroatoms. The monoisotopic (exact) mass is 357 g/mol. The number of benzene rings is 1. The molecule has 4 nitrogen and oxygen atoms in total. The summed E-state index contributed by atoms with van der Waals surface area (Å²) >= 11 is 0. The van der Waals surface area contributed by atoms with Gasteiger partial charge < -0.3 is 14.9 Å². The van der Waals surface area contributed by atoms with Crippen molar-refractivity contribution in [1.82, 2.24) is 4.90 Å². The third-order valence-electron chi connectivity index (χ3n) is 7.54. The molecule has 2 N–H and O–H groups in total. The first-order valence-electron chi connectivity index (χ1n) is 10.5. The molecule has 0 saturated heterocycles. The van der Waals surface area contributed by atoms with Crippen molar-refractivity contribution < 1.29 is 14.9 Å². The molecule has 4 aliphatic rings. The van der Waals surface area contributed by atoms with E-state index in [1.165, 1.54) is 36.9 Å². The summed E-state index contributed by atoms with van der Waals surface area (Å²) in [5, 5.41) is 21.0. The van der Waals surface area contributed by atoms with E-state index in [1.54, 1.807) is 6.07 Å². The minimum atomic E-state index is -0.436. The SMILES string of the molecule is CCCN(CC1CC1)C1Cc2ccc(O)c3c2C2C(O3)[C@H](O)CC[C@]21C. The summed E-state index contributed by atoms with van der Waals surface area (Å²) in [4.78, 5) is 2.75. The zero-order chi connectivity index (χ0) is 18.1. The number of rotatable bonds is 5. The van der Waals surface area contributed by atoms with Gasteiger partial charge >= 0.3 is 0 Å². The molecule has 1 aliphatic heterocycles. The second-order valence-electron chi connectivity index (χ2n) is 9.32. The van der Waals surface area contributed by atoms with Crippen LogP contribution in [0, 0.1) is 11.3 Å². The van der Waals surface area contributed by atoms with Crippen molar-refractivity contribution in [2.45, 2.75) is 76.5 Å². The number of nitrogens with zero attached hydrogens (tertiary/aromatic N) is 1. The van der Waals surface area contributed by atoms with E-state index >= 15 is 0 Å². The first-order chi connectivity index (χ1) is 12.5. The van der Waals surface area contributed by atoms with Gasteiger partial charge in [0, 0.05) is 24.1 Å². The van der Waals surface area contributed by atoms with Crippen LogP contribution in [0.3, 0.4) is 0 Å². The first-order valence-corrected chi connectivity index (χ1v) is 10.5. The fourth-order valence-corrected chi connectivity index (χ4v) is 6.08. The fourth-order valence-electron chi connectivity index (χ4n) is 6.08. The molecule has 0 aromatic heterocycles. The van der Waals surface area contributed by atoms with E-state index in [0.29, 0.717) is 11.8 Å². The summed E-state index contributed by atoms with van der Waals surface area (Å²) < 4.78 is 6.17. The molecule has 2 saturated carbocycles. The molecule has 0 radical (unpaired) electrons. The van der Waals surface area contributed by atoms with E-state index in [2.05, 4.69) is 24.8 Å². The number of phenols is 1. The third-order valence-corrected chi connectivity index (χ3v) is 7.54. The van der Waals surface area contributed by atoms with Gasteiger partial charge in [0.2, 0.25) is 0 Å². The highest BCUT2D eigenvalue weighted by Gasteiger charge is 2.60. The largest absolute Gasteiger partial charge is 0.504 e. The number of phenolic OH excluding ortho intramolecular Hbond substituents is 1. The van der Waals surface area contributed by atoms with E-state index < -0.39 is 6.10 Å². The molecule has 1 aromatic rings. The predicted octanol–water partition coefficient (Wildman–Crippen LogP) is 3.44. The zero-order valence-corrected chi connectivity index (χ0v) is 15.9. The topological polar surface area (TPSA) is 52.9 Å². The minimum absolute atomic E-state index is 0.0972. The lowest BCUT2D eigenvalue weighted by Crippen LogP contribution is -2.59. The normalized spacial score (nSPS) is 37.5. The van der Waals surface area contributed by atoms with Crippen molar-refractivity contribution in [3.8, 4) is 11.5 Å². The number of ether oxygens (including phenoxy) is 1. The second-order valence-corrected chi connectivity index (χ2v) is 9.32. The van der Waals surface area contributed by atoms with Crippen molar-refractivity contribution in [3.05, 3.63) is 23.3 Å². The highest BCUT2D eigenvalue weighted by molar-refractivity contribution is 5.58. The molecule has 2 fully saturated rings. The Bertz CT molecular complexity index is 716. The van der Waals surface area contributed by atoms with Crippen molar-refractivity contribution in [2.24, 2.45) is 11.3 Å². The Morgan fingerprint density at radius 2 is 2.08 bits per heavy atom. The third kappa shape index (κ3) is 2.34. The summed E-state index contributed by atoms with van der Waals surface area (Å²) in [6.07, 6.45) is 6.16. The van der Waals surface area contributed by atoms with E-state index in [4.69, 9.17) is 4.74 Å². The van der Waals surface area contributed by atoms with E-state index in [1.807, 2.05) is 0 Å². The van der Waals surface area contributed by atoms with Crippen LogP contribution in [0.2, 0.25) is 0 Å². The lowest BCUT2D eigenvalue weighted by Gasteiger charge is -2.55. The molecule has 26 heavy (non-hydrogen) atoms.